The third kappa shape index (κ3) is 3.06. The molecule has 0 aromatic carbocycles. The Balaban J connectivity index is 2.27. The maximum absolute atomic E-state index is 12.2. The normalized spacial score (nSPS) is 13.3. The molecule has 0 aliphatic carbocycles. The van der Waals surface area contributed by atoms with E-state index in [-0.39, 0.29) is 9.77 Å². The van der Waals surface area contributed by atoms with E-state index in [1.807, 2.05) is 12.3 Å². The largest absolute Gasteiger partial charge is 0.477 e. The molecule has 20 heavy (non-hydrogen) atoms. The average molecular weight is 332 g/mol. The number of sulfonamides is 1. The number of aryl methyl sites for hydroxylation is 1. The number of hydrogen-bond acceptors (Lipinski definition) is 6. The van der Waals surface area contributed by atoms with Crippen LogP contribution in [0.25, 0.3) is 0 Å². The molecule has 2 heterocycles. The number of carboxylic acids is 1. The number of nitrogens with zero attached hydrogens (tertiary/aromatic N) is 1. The smallest absolute Gasteiger partial charge is 0.347 e. The van der Waals surface area contributed by atoms with Crippen LogP contribution >= 0.6 is 22.7 Å². The predicted molar refractivity (Wildman–Crippen MR) is 76.9 cm³/mol. The Hall–Kier alpha value is -1.29. The number of carboxylic acid groups (broad SMARTS) is 1. The van der Waals surface area contributed by atoms with Crippen LogP contribution in [0.15, 0.2) is 21.7 Å². The van der Waals surface area contributed by atoms with Crippen LogP contribution in [0, 0.1) is 6.92 Å². The minimum Gasteiger partial charge on any atom is -0.477 e. The molecule has 0 spiro atoms. The van der Waals surface area contributed by atoms with Crippen molar-refractivity contribution in [3.8, 4) is 0 Å². The van der Waals surface area contributed by atoms with Crippen molar-refractivity contribution in [2.45, 2.75) is 24.8 Å². The Bertz CT molecular complexity index is 732. The number of aromatic carboxylic acids is 1. The molecular formula is C11H12N2O4S3. The van der Waals surface area contributed by atoms with Gasteiger partial charge in [-0.25, -0.2) is 22.9 Å². The third-order valence-corrected chi connectivity index (χ3v) is 6.21. The summed E-state index contributed by atoms with van der Waals surface area (Å²) in [5.41, 5.74) is 0.817. The monoisotopic (exact) mass is 332 g/mol. The second-order valence-electron chi connectivity index (χ2n) is 4.09. The first-order valence-corrected chi connectivity index (χ1v) is 8.80. The summed E-state index contributed by atoms with van der Waals surface area (Å²) in [6, 6.07) is 0.774. The van der Waals surface area contributed by atoms with Crippen molar-refractivity contribution in [2.24, 2.45) is 0 Å². The van der Waals surface area contributed by atoms with E-state index < -0.39 is 22.0 Å². The number of aromatic nitrogens is 1. The van der Waals surface area contributed by atoms with Crippen molar-refractivity contribution < 1.29 is 18.3 Å². The lowest BCUT2D eigenvalue weighted by Crippen LogP contribution is -2.27. The molecule has 0 amide bonds. The Morgan fingerprint density at radius 1 is 1.45 bits per heavy atom. The van der Waals surface area contributed by atoms with E-state index in [9.17, 15) is 13.2 Å². The van der Waals surface area contributed by atoms with Crippen LogP contribution in [0.5, 0.6) is 0 Å². The quantitative estimate of drug-likeness (QED) is 0.875. The summed E-state index contributed by atoms with van der Waals surface area (Å²) in [6.45, 7) is 3.49. The molecule has 2 rings (SSSR count). The highest BCUT2D eigenvalue weighted by atomic mass is 32.2. The lowest BCUT2D eigenvalue weighted by atomic mass is 10.4. The summed E-state index contributed by atoms with van der Waals surface area (Å²) in [6.07, 6.45) is 0. The summed E-state index contributed by atoms with van der Waals surface area (Å²) >= 11 is 2.23. The van der Waals surface area contributed by atoms with Crippen molar-refractivity contribution in [3.05, 3.63) is 32.4 Å². The molecule has 6 nitrogen and oxygen atoms in total. The molecule has 1 unspecified atom stereocenters. The van der Waals surface area contributed by atoms with Crippen LogP contribution in [-0.2, 0) is 10.0 Å². The first kappa shape index (κ1) is 15.1. The molecule has 0 bridgehead atoms. The first-order valence-electron chi connectivity index (χ1n) is 5.56. The van der Waals surface area contributed by atoms with Gasteiger partial charge in [-0.2, -0.15) is 0 Å². The molecule has 2 aromatic rings. The van der Waals surface area contributed by atoms with Crippen molar-refractivity contribution in [3.63, 3.8) is 0 Å². The van der Waals surface area contributed by atoms with Gasteiger partial charge < -0.3 is 5.11 Å². The van der Waals surface area contributed by atoms with E-state index >= 15 is 0 Å². The molecule has 2 aromatic heterocycles. The van der Waals surface area contributed by atoms with Gasteiger partial charge >= 0.3 is 5.97 Å². The third-order valence-electron chi connectivity index (χ3n) is 2.45. The minimum atomic E-state index is -3.88. The van der Waals surface area contributed by atoms with Gasteiger partial charge in [-0.15, -0.1) is 22.7 Å². The van der Waals surface area contributed by atoms with E-state index in [4.69, 9.17) is 5.11 Å². The predicted octanol–water partition coefficient (Wildman–Crippen LogP) is 2.25. The van der Waals surface area contributed by atoms with Crippen molar-refractivity contribution in [1.29, 1.82) is 0 Å². The highest BCUT2D eigenvalue weighted by Crippen LogP contribution is 2.25. The van der Waals surface area contributed by atoms with Crippen LogP contribution in [0.2, 0.25) is 0 Å². The van der Waals surface area contributed by atoms with Crippen molar-refractivity contribution >= 4 is 38.7 Å². The van der Waals surface area contributed by atoms with Crippen LogP contribution in [-0.4, -0.2) is 24.5 Å². The maximum Gasteiger partial charge on any atom is 0.347 e. The van der Waals surface area contributed by atoms with Gasteiger partial charge in [-0.3, -0.25) is 0 Å². The van der Waals surface area contributed by atoms with Crippen LogP contribution in [0.4, 0.5) is 0 Å². The van der Waals surface area contributed by atoms with Crippen LogP contribution in [0.1, 0.15) is 33.3 Å². The van der Waals surface area contributed by atoms with Crippen LogP contribution < -0.4 is 4.72 Å². The molecule has 108 valence electrons. The summed E-state index contributed by atoms with van der Waals surface area (Å²) in [5.74, 6) is -1.25. The van der Waals surface area contributed by atoms with E-state index in [1.54, 1.807) is 6.92 Å². The number of rotatable bonds is 5. The fourth-order valence-electron chi connectivity index (χ4n) is 1.58. The van der Waals surface area contributed by atoms with Gasteiger partial charge in [0.05, 0.1) is 6.04 Å². The summed E-state index contributed by atoms with van der Waals surface area (Å²) < 4.78 is 26.9. The molecule has 0 fully saturated rings. The fourth-order valence-corrected chi connectivity index (χ4v) is 4.93. The fraction of sp³-hybridized carbons (Fsp3) is 0.273. The number of carbonyl (C=O) groups is 1. The number of thiophene rings is 1. The highest BCUT2D eigenvalue weighted by Gasteiger charge is 2.26. The number of hydrogen-bond donors (Lipinski definition) is 2. The van der Waals surface area contributed by atoms with Gasteiger partial charge in [0, 0.05) is 11.1 Å². The average Bonchev–Trinajstić information content (AvgIpc) is 2.96. The standard InChI is InChI=1S/C11H12N2O4S3/c1-6-5-19-10(12-6)7(2)13-20(16,17)8-3-4-18-9(8)11(14)15/h3-5,7,13H,1-2H3,(H,14,15). The van der Waals surface area contributed by atoms with Gasteiger partial charge in [0.15, 0.2) is 0 Å². The zero-order valence-corrected chi connectivity index (χ0v) is 13.1. The Kier molecular flexibility index (Phi) is 4.23. The van der Waals surface area contributed by atoms with E-state index in [0.29, 0.717) is 5.01 Å². The summed E-state index contributed by atoms with van der Waals surface area (Å²) in [5, 5.41) is 12.9. The molecule has 0 aliphatic rings. The van der Waals surface area contributed by atoms with E-state index in [0.717, 1.165) is 17.0 Å². The highest BCUT2D eigenvalue weighted by molar-refractivity contribution is 7.89. The Morgan fingerprint density at radius 2 is 2.15 bits per heavy atom. The van der Waals surface area contributed by atoms with E-state index in [2.05, 4.69) is 9.71 Å². The minimum absolute atomic E-state index is 0.194. The van der Waals surface area contributed by atoms with Gasteiger partial charge in [-0.05, 0) is 25.3 Å². The van der Waals surface area contributed by atoms with Gasteiger partial charge in [0.25, 0.3) is 0 Å². The molecule has 2 N–H and O–H groups in total. The zero-order valence-electron chi connectivity index (χ0n) is 10.7. The maximum atomic E-state index is 12.2. The van der Waals surface area contributed by atoms with Crippen molar-refractivity contribution in [2.75, 3.05) is 0 Å². The first-order chi connectivity index (χ1) is 9.31. The Labute approximate surface area is 124 Å². The van der Waals surface area contributed by atoms with Crippen LogP contribution in [0.3, 0.4) is 0 Å². The molecule has 0 radical (unpaired) electrons. The topological polar surface area (TPSA) is 96.4 Å². The SMILES string of the molecule is Cc1csc(C(C)NS(=O)(=O)c2ccsc2C(=O)O)n1. The molecular weight excluding hydrogens is 320 g/mol. The lowest BCUT2D eigenvalue weighted by Gasteiger charge is -2.11. The van der Waals surface area contributed by atoms with Gasteiger partial charge in [0.1, 0.15) is 14.8 Å². The van der Waals surface area contributed by atoms with Crippen molar-refractivity contribution in [1.82, 2.24) is 9.71 Å². The molecule has 0 aliphatic heterocycles. The second-order valence-corrected chi connectivity index (χ2v) is 7.58. The number of nitrogens with one attached hydrogen (secondary N) is 1. The lowest BCUT2D eigenvalue weighted by molar-refractivity contribution is 0.0698. The zero-order chi connectivity index (χ0) is 14.9. The van der Waals surface area contributed by atoms with Gasteiger partial charge in [0.2, 0.25) is 10.0 Å². The number of thiazole rings is 1. The van der Waals surface area contributed by atoms with Gasteiger partial charge in [-0.1, -0.05) is 0 Å². The second kappa shape index (κ2) is 5.60. The molecule has 9 heteroatoms. The van der Waals surface area contributed by atoms with E-state index in [1.165, 1.54) is 22.8 Å². The summed E-state index contributed by atoms with van der Waals surface area (Å²) in [7, 11) is -3.88. The molecule has 0 saturated carbocycles. The summed E-state index contributed by atoms with van der Waals surface area (Å²) in [4.78, 5) is 14.8. The molecule has 1 atom stereocenters. The molecule has 0 saturated heterocycles. The Morgan fingerprint density at radius 3 is 2.70 bits per heavy atom.